The fourth-order valence-corrected chi connectivity index (χ4v) is 3.25. The second kappa shape index (κ2) is 3.88. The van der Waals surface area contributed by atoms with Crippen molar-refractivity contribution >= 4 is 21.9 Å². The summed E-state index contributed by atoms with van der Waals surface area (Å²) in [6.07, 6.45) is 2.22. The molecule has 0 radical (unpaired) electrons. The first-order chi connectivity index (χ1) is 7.46. The topological polar surface area (TPSA) is 37.3 Å². The van der Waals surface area contributed by atoms with Crippen molar-refractivity contribution in [1.29, 1.82) is 0 Å². The third kappa shape index (κ3) is 1.88. The van der Waals surface area contributed by atoms with Crippen LogP contribution in [-0.4, -0.2) is 11.1 Å². The first kappa shape index (κ1) is 11.6. The van der Waals surface area contributed by atoms with E-state index >= 15 is 0 Å². The largest absolute Gasteiger partial charge is 0.481 e. The summed E-state index contributed by atoms with van der Waals surface area (Å²) in [7, 11) is 0. The maximum absolute atomic E-state index is 10.9. The van der Waals surface area contributed by atoms with Crippen LogP contribution in [0.5, 0.6) is 0 Å². The highest BCUT2D eigenvalue weighted by Crippen LogP contribution is 2.54. The fourth-order valence-electron chi connectivity index (χ4n) is 2.38. The molecule has 0 bridgehead atoms. The van der Waals surface area contributed by atoms with Gasteiger partial charge in [-0.25, -0.2) is 0 Å². The minimum atomic E-state index is -0.703. The second-order valence-corrected chi connectivity index (χ2v) is 5.53. The van der Waals surface area contributed by atoms with Gasteiger partial charge in [0.15, 0.2) is 0 Å². The molecule has 1 fully saturated rings. The standard InChI is InChI=1S/C13H15BrO2/c1-8-3-4-9(2)12(14)11(8)13(5-6-13)7-10(15)16/h3-4H,5-7H2,1-2H3,(H,15,16). The van der Waals surface area contributed by atoms with Gasteiger partial charge < -0.3 is 5.11 Å². The van der Waals surface area contributed by atoms with Crippen molar-refractivity contribution in [1.82, 2.24) is 0 Å². The molecule has 0 unspecified atom stereocenters. The summed E-state index contributed by atoms with van der Waals surface area (Å²) in [6, 6.07) is 4.15. The number of hydrogen-bond acceptors (Lipinski definition) is 1. The monoisotopic (exact) mass is 282 g/mol. The van der Waals surface area contributed by atoms with Gasteiger partial charge in [-0.15, -0.1) is 0 Å². The van der Waals surface area contributed by atoms with Gasteiger partial charge >= 0.3 is 5.97 Å². The SMILES string of the molecule is Cc1ccc(C)c(C2(CC(=O)O)CC2)c1Br. The van der Waals surface area contributed by atoms with Gasteiger partial charge in [-0.05, 0) is 43.4 Å². The predicted octanol–water partition coefficient (Wildman–Crippen LogP) is 3.57. The summed E-state index contributed by atoms with van der Waals surface area (Å²) >= 11 is 3.60. The number of carbonyl (C=O) groups is 1. The number of benzene rings is 1. The minimum Gasteiger partial charge on any atom is -0.481 e. The number of aryl methyl sites for hydroxylation is 2. The molecule has 1 aliphatic rings. The average molecular weight is 283 g/mol. The molecule has 1 N–H and O–H groups in total. The van der Waals surface area contributed by atoms with E-state index in [0.29, 0.717) is 0 Å². The first-order valence-corrected chi connectivity index (χ1v) is 6.23. The Labute approximate surface area is 104 Å². The van der Waals surface area contributed by atoms with Gasteiger partial charge in [-0.1, -0.05) is 28.1 Å². The van der Waals surface area contributed by atoms with Crippen LogP contribution in [0.1, 0.15) is 36.0 Å². The lowest BCUT2D eigenvalue weighted by Gasteiger charge is -2.19. The molecule has 0 spiro atoms. The molecule has 0 saturated heterocycles. The number of hydrogen-bond donors (Lipinski definition) is 1. The number of carboxylic acids is 1. The van der Waals surface area contributed by atoms with Crippen molar-refractivity contribution in [3.05, 3.63) is 33.3 Å². The van der Waals surface area contributed by atoms with Crippen LogP contribution in [0.3, 0.4) is 0 Å². The highest BCUT2D eigenvalue weighted by atomic mass is 79.9. The van der Waals surface area contributed by atoms with E-state index in [1.165, 1.54) is 16.7 Å². The molecule has 0 aliphatic heterocycles. The Morgan fingerprint density at radius 3 is 2.44 bits per heavy atom. The second-order valence-electron chi connectivity index (χ2n) is 4.74. The van der Waals surface area contributed by atoms with Crippen molar-refractivity contribution in [2.24, 2.45) is 0 Å². The van der Waals surface area contributed by atoms with E-state index < -0.39 is 5.97 Å². The van der Waals surface area contributed by atoms with Gasteiger partial charge in [0, 0.05) is 9.89 Å². The number of halogens is 1. The van der Waals surface area contributed by atoms with Crippen LogP contribution >= 0.6 is 15.9 Å². The van der Waals surface area contributed by atoms with Crippen LogP contribution in [0.15, 0.2) is 16.6 Å². The molecule has 1 aromatic carbocycles. The summed E-state index contributed by atoms with van der Waals surface area (Å²) < 4.78 is 1.09. The Morgan fingerprint density at radius 1 is 1.38 bits per heavy atom. The maximum atomic E-state index is 10.9. The van der Waals surface area contributed by atoms with Crippen LogP contribution in [-0.2, 0) is 10.2 Å². The summed E-state index contributed by atoms with van der Waals surface area (Å²) in [5, 5.41) is 8.99. The molecule has 86 valence electrons. The molecule has 0 heterocycles. The van der Waals surface area contributed by atoms with E-state index in [4.69, 9.17) is 5.11 Å². The Morgan fingerprint density at radius 2 is 1.94 bits per heavy atom. The quantitative estimate of drug-likeness (QED) is 0.920. The highest BCUT2D eigenvalue weighted by molar-refractivity contribution is 9.10. The van der Waals surface area contributed by atoms with E-state index in [2.05, 4.69) is 35.0 Å². The van der Waals surface area contributed by atoms with Gasteiger partial charge in [0.1, 0.15) is 0 Å². The molecule has 0 atom stereocenters. The van der Waals surface area contributed by atoms with Crippen LogP contribution in [0.4, 0.5) is 0 Å². The van der Waals surface area contributed by atoms with Gasteiger partial charge in [0.25, 0.3) is 0 Å². The van der Waals surface area contributed by atoms with E-state index in [1.54, 1.807) is 0 Å². The normalized spacial score (nSPS) is 17.2. The van der Waals surface area contributed by atoms with Crippen molar-refractivity contribution in [3.8, 4) is 0 Å². The van der Waals surface area contributed by atoms with Crippen molar-refractivity contribution in [3.63, 3.8) is 0 Å². The Kier molecular flexibility index (Phi) is 2.82. The lowest BCUT2D eigenvalue weighted by atomic mass is 9.88. The summed E-state index contributed by atoms with van der Waals surface area (Å²) in [5.74, 6) is -0.703. The average Bonchev–Trinajstić information content (AvgIpc) is 2.92. The third-order valence-corrected chi connectivity index (χ3v) is 4.44. The molecular formula is C13H15BrO2. The summed E-state index contributed by atoms with van der Waals surface area (Å²) in [6.45, 7) is 4.10. The molecule has 0 amide bonds. The van der Waals surface area contributed by atoms with Gasteiger partial charge in [-0.3, -0.25) is 4.79 Å². The van der Waals surface area contributed by atoms with Crippen LogP contribution < -0.4 is 0 Å². The van der Waals surface area contributed by atoms with E-state index in [1.807, 2.05) is 6.92 Å². The lowest BCUT2D eigenvalue weighted by Crippen LogP contribution is -2.15. The molecule has 1 saturated carbocycles. The number of carboxylic acid groups (broad SMARTS) is 1. The van der Waals surface area contributed by atoms with Crippen molar-refractivity contribution in [2.45, 2.75) is 38.5 Å². The zero-order valence-electron chi connectivity index (χ0n) is 9.51. The molecule has 1 aromatic rings. The lowest BCUT2D eigenvalue weighted by molar-refractivity contribution is -0.137. The third-order valence-electron chi connectivity index (χ3n) is 3.42. The first-order valence-electron chi connectivity index (χ1n) is 5.44. The minimum absolute atomic E-state index is 0.110. The van der Waals surface area contributed by atoms with E-state index in [0.717, 1.165) is 17.3 Å². The van der Waals surface area contributed by atoms with Crippen LogP contribution in [0, 0.1) is 13.8 Å². The van der Waals surface area contributed by atoms with Crippen LogP contribution in [0.2, 0.25) is 0 Å². The predicted molar refractivity (Wildman–Crippen MR) is 66.8 cm³/mol. The van der Waals surface area contributed by atoms with Gasteiger partial charge in [-0.2, -0.15) is 0 Å². The molecule has 2 rings (SSSR count). The zero-order chi connectivity index (χ0) is 11.9. The van der Waals surface area contributed by atoms with Crippen molar-refractivity contribution in [2.75, 3.05) is 0 Å². The molecule has 1 aliphatic carbocycles. The van der Waals surface area contributed by atoms with Crippen molar-refractivity contribution < 1.29 is 9.90 Å². The van der Waals surface area contributed by atoms with Crippen LogP contribution in [0.25, 0.3) is 0 Å². The Hall–Kier alpha value is -0.830. The maximum Gasteiger partial charge on any atom is 0.304 e. The molecule has 3 heteroatoms. The van der Waals surface area contributed by atoms with E-state index in [-0.39, 0.29) is 11.8 Å². The zero-order valence-corrected chi connectivity index (χ0v) is 11.1. The molecular weight excluding hydrogens is 268 g/mol. The van der Waals surface area contributed by atoms with Gasteiger partial charge in [0.05, 0.1) is 6.42 Å². The smallest absolute Gasteiger partial charge is 0.304 e. The number of aliphatic carboxylic acids is 1. The summed E-state index contributed by atoms with van der Waals surface area (Å²) in [5.41, 5.74) is 3.46. The highest BCUT2D eigenvalue weighted by Gasteiger charge is 2.48. The molecule has 2 nitrogen and oxygen atoms in total. The number of rotatable bonds is 3. The molecule has 0 aromatic heterocycles. The summed E-state index contributed by atoms with van der Waals surface area (Å²) in [4.78, 5) is 10.9. The van der Waals surface area contributed by atoms with E-state index in [9.17, 15) is 4.79 Å². The Balaban J connectivity index is 2.48. The molecule has 16 heavy (non-hydrogen) atoms. The fraction of sp³-hybridized carbons (Fsp3) is 0.462. The Bertz CT molecular complexity index is 447. The van der Waals surface area contributed by atoms with Gasteiger partial charge in [0.2, 0.25) is 0 Å².